The summed E-state index contributed by atoms with van der Waals surface area (Å²) in [5.74, 6) is 0.432. The molecule has 0 saturated heterocycles. The number of amides is 1. The van der Waals surface area contributed by atoms with E-state index in [1.54, 1.807) is 0 Å². The number of nitrogens with two attached hydrogens (primary N) is 1. The van der Waals surface area contributed by atoms with Gasteiger partial charge in [0.1, 0.15) is 5.01 Å². The first-order valence-corrected chi connectivity index (χ1v) is 7.79. The molecule has 3 N–H and O–H groups in total. The maximum Gasteiger partial charge on any atom is 0.230 e. The van der Waals surface area contributed by atoms with Crippen molar-refractivity contribution in [2.45, 2.75) is 33.2 Å². The minimum atomic E-state index is -0.0943. The van der Waals surface area contributed by atoms with E-state index in [2.05, 4.69) is 29.4 Å². The topological polar surface area (TPSA) is 80.9 Å². The minimum Gasteiger partial charge on any atom is -0.326 e. The highest BCUT2D eigenvalue weighted by molar-refractivity contribution is 7.15. The monoisotopic (exact) mass is 304 g/mol. The molecule has 1 amide bonds. The lowest BCUT2D eigenvalue weighted by Crippen LogP contribution is -2.16. The fraction of sp³-hybridized carbons (Fsp3) is 0.400. The van der Waals surface area contributed by atoms with Crippen LogP contribution in [0.5, 0.6) is 0 Å². The van der Waals surface area contributed by atoms with E-state index >= 15 is 0 Å². The zero-order valence-corrected chi connectivity index (χ0v) is 13.1. The van der Waals surface area contributed by atoms with Gasteiger partial charge in [0.2, 0.25) is 11.0 Å². The second-order valence-corrected chi connectivity index (χ2v) is 6.36. The molecule has 112 valence electrons. The minimum absolute atomic E-state index is 0.0943. The Bertz CT molecular complexity index is 609. The van der Waals surface area contributed by atoms with Crippen molar-refractivity contribution in [3.05, 3.63) is 40.4 Å². The molecule has 0 aliphatic rings. The molecule has 0 radical (unpaired) electrons. The molecule has 5 nitrogen and oxygen atoms in total. The molecule has 2 rings (SSSR count). The summed E-state index contributed by atoms with van der Waals surface area (Å²) in [5, 5.41) is 12.4. The Morgan fingerprint density at radius 3 is 2.67 bits per heavy atom. The van der Waals surface area contributed by atoms with E-state index in [0.717, 1.165) is 22.6 Å². The average Bonchev–Trinajstić information content (AvgIpc) is 2.85. The van der Waals surface area contributed by atoms with E-state index in [1.807, 2.05) is 24.3 Å². The van der Waals surface area contributed by atoms with Crippen LogP contribution in [0.15, 0.2) is 24.3 Å². The van der Waals surface area contributed by atoms with Gasteiger partial charge < -0.3 is 11.1 Å². The largest absolute Gasteiger partial charge is 0.326 e. The van der Waals surface area contributed by atoms with Gasteiger partial charge in [-0.2, -0.15) is 0 Å². The van der Waals surface area contributed by atoms with Crippen molar-refractivity contribution in [2.24, 2.45) is 11.7 Å². The first-order valence-electron chi connectivity index (χ1n) is 6.97. The van der Waals surface area contributed by atoms with Crippen LogP contribution in [0, 0.1) is 5.92 Å². The number of nitrogens with zero attached hydrogens (tertiary/aromatic N) is 2. The standard InChI is InChI=1S/C15H20N4OS/c1-10(2)7-14-18-19-15(21-14)17-13(20)8-11-5-3-4-6-12(11)9-16/h3-6,10H,7-9,16H2,1-2H3,(H,17,19,20). The lowest BCUT2D eigenvalue weighted by atomic mass is 10.0. The van der Waals surface area contributed by atoms with Crippen molar-refractivity contribution in [3.8, 4) is 0 Å². The van der Waals surface area contributed by atoms with Gasteiger partial charge in [0.15, 0.2) is 0 Å². The molecule has 6 heteroatoms. The van der Waals surface area contributed by atoms with Gasteiger partial charge in [0.25, 0.3) is 0 Å². The Kier molecular flexibility index (Phi) is 5.41. The van der Waals surface area contributed by atoms with Crippen LogP contribution < -0.4 is 11.1 Å². The lowest BCUT2D eigenvalue weighted by molar-refractivity contribution is -0.115. The molecule has 1 heterocycles. The van der Waals surface area contributed by atoms with Crippen LogP contribution in [0.25, 0.3) is 0 Å². The molecule has 0 unspecified atom stereocenters. The number of carbonyl (C=O) groups is 1. The third kappa shape index (κ3) is 4.61. The Morgan fingerprint density at radius 2 is 2.00 bits per heavy atom. The molecular weight excluding hydrogens is 284 g/mol. The summed E-state index contributed by atoms with van der Waals surface area (Å²) in [7, 11) is 0. The fourth-order valence-electron chi connectivity index (χ4n) is 2.00. The van der Waals surface area contributed by atoms with Crippen LogP contribution in [0.3, 0.4) is 0 Å². The molecule has 0 bridgehead atoms. The molecule has 0 spiro atoms. The zero-order chi connectivity index (χ0) is 15.2. The number of nitrogens with one attached hydrogen (secondary N) is 1. The van der Waals surface area contributed by atoms with Crippen LogP contribution in [0.4, 0.5) is 5.13 Å². The molecule has 0 aliphatic heterocycles. The predicted octanol–water partition coefficient (Wildman–Crippen LogP) is 2.38. The second kappa shape index (κ2) is 7.28. The number of anilines is 1. The van der Waals surface area contributed by atoms with Crippen LogP contribution in [0.1, 0.15) is 30.0 Å². The highest BCUT2D eigenvalue weighted by Crippen LogP contribution is 2.18. The summed E-state index contributed by atoms with van der Waals surface area (Å²) in [6.45, 7) is 4.69. The van der Waals surface area contributed by atoms with E-state index in [0.29, 0.717) is 24.0 Å². The van der Waals surface area contributed by atoms with Gasteiger partial charge in [-0.25, -0.2) is 0 Å². The third-order valence-corrected chi connectivity index (χ3v) is 3.85. The van der Waals surface area contributed by atoms with Crippen molar-refractivity contribution >= 4 is 22.4 Å². The molecule has 1 aromatic heterocycles. The van der Waals surface area contributed by atoms with Gasteiger partial charge in [-0.3, -0.25) is 4.79 Å². The summed E-state index contributed by atoms with van der Waals surface area (Å²) in [6.07, 6.45) is 1.18. The molecule has 21 heavy (non-hydrogen) atoms. The second-order valence-electron chi connectivity index (χ2n) is 5.30. The van der Waals surface area contributed by atoms with E-state index in [1.165, 1.54) is 11.3 Å². The van der Waals surface area contributed by atoms with Crippen LogP contribution in [0.2, 0.25) is 0 Å². The molecule has 0 saturated carbocycles. The Labute approximate surface area is 128 Å². The molecule has 1 aromatic carbocycles. The Morgan fingerprint density at radius 1 is 1.29 bits per heavy atom. The molecule has 0 fully saturated rings. The number of benzene rings is 1. The number of rotatable bonds is 6. The Hall–Kier alpha value is -1.79. The summed E-state index contributed by atoms with van der Waals surface area (Å²) < 4.78 is 0. The van der Waals surface area contributed by atoms with Crippen LogP contribution in [-0.4, -0.2) is 16.1 Å². The summed E-state index contributed by atoms with van der Waals surface area (Å²) in [5.41, 5.74) is 7.62. The number of aromatic nitrogens is 2. The maximum absolute atomic E-state index is 12.1. The molecule has 0 atom stereocenters. The van der Waals surface area contributed by atoms with Crippen molar-refractivity contribution in [3.63, 3.8) is 0 Å². The number of hydrogen-bond acceptors (Lipinski definition) is 5. The fourth-order valence-corrected chi connectivity index (χ4v) is 2.97. The van der Waals surface area contributed by atoms with Gasteiger partial charge in [-0.05, 0) is 17.0 Å². The quantitative estimate of drug-likeness (QED) is 0.858. The van der Waals surface area contributed by atoms with Crippen LogP contribution >= 0.6 is 11.3 Å². The highest BCUT2D eigenvalue weighted by Gasteiger charge is 2.11. The summed E-state index contributed by atoms with van der Waals surface area (Å²) in [6, 6.07) is 7.69. The molecule has 2 aromatic rings. The van der Waals surface area contributed by atoms with E-state index in [-0.39, 0.29) is 5.91 Å². The number of carbonyl (C=O) groups excluding carboxylic acids is 1. The Balaban J connectivity index is 1.97. The average molecular weight is 304 g/mol. The highest BCUT2D eigenvalue weighted by atomic mass is 32.1. The SMILES string of the molecule is CC(C)Cc1nnc(NC(=O)Cc2ccccc2CN)s1. The summed E-state index contributed by atoms with van der Waals surface area (Å²) in [4.78, 5) is 12.1. The van der Waals surface area contributed by atoms with Gasteiger partial charge in [0, 0.05) is 13.0 Å². The first kappa shape index (κ1) is 15.6. The van der Waals surface area contributed by atoms with Gasteiger partial charge in [-0.15, -0.1) is 10.2 Å². The molecular formula is C15H20N4OS. The van der Waals surface area contributed by atoms with Crippen molar-refractivity contribution in [1.82, 2.24) is 10.2 Å². The summed E-state index contributed by atoms with van der Waals surface area (Å²) >= 11 is 1.43. The van der Waals surface area contributed by atoms with Gasteiger partial charge in [0.05, 0.1) is 6.42 Å². The molecule has 0 aliphatic carbocycles. The maximum atomic E-state index is 12.1. The van der Waals surface area contributed by atoms with E-state index < -0.39 is 0 Å². The lowest BCUT2D eigenvalue weighted by Gasteiger charge is -2.06. The zero-order valence-electron chi connectivity index (χ0n) is 12.3. The van der Waals surface area contributed by atoms with Crippen molar-refractivity contribution in [1.29, 1.82) is 0 Å². The van der Waals surface area contributed by atoms with Gasteiger partial charge >= 0.3 is 0 Å². The van der Waals surface area contributed by atoms with E-state index in [4.69, 9.17) is 5.73 Å². The normalized spacial score (nSPS) is 10.9. The van der Waals surface area contributed by atoms with Gasteiger partial charge in [-0.1, -0.05) is 49.4 Å². The third-order valence-electron chi connectivity index (χ3n) is 2.99. The number of hydrogen-bond donors (Lipinski definition) is 2. The predicted molar refractivity (Wildman–Crippen MR) is 85.1 cm³/mol. The van der Waals surface area contributed by atoms with Crippen molar-refractivity contribution < 1.29 is 4.79 Å². The first-order chi connectivity index (χ1) is 10.1. The van der Waals surface area contributed by atoms with Crippen molar-refractivity contribution in [2.75, 3.05) is 5.32 Å². The smallest absolute Gasteiger partial charge is 0.230 e. The van der Waals surface area contributed by atoms with Crippen LogP contribution in [-0.2, 0) is 24.2 Å². The van der Waals surface area contributed by atoms with E-state index in [9.17, 15) is 4.79 Å².